The van der Waals surface area contributed by atoms with Gasteiger partial charge in [-0.15, -0.1) is 0 Å². The average Bonchev–Trinajstić information content (AvgIpc) is 2.28. The van der Waals surface area contributed by atoms with E-state index < -0.39 is 0 Å². The fourth-order valence-corrected chi connectivity index (χ4v) is 2.33. The lowest BCUT2D eigenvalue weighted by Crippen LogP contribution is -2.17. The zero-order chi connectivity index (χ0) is 11.6. The summed E-state index contributed by atoms with van der Waals surface area (Å²) in [4.78, 5) is 0. The van der Waals surface area contributed by atoms with Gasteiger partial charge in [-0.25, -0.2) is 0 Å². The zero-order valence-corrected chi connectivity index (χ0v) is 11.6. The maximum Gasteiger partial charge on any atom is 0.0719 e. The molecule has 16 heavy (non-hydrogen) atoms. The van der Waals surface area contributed by atoms with Gasteiger partial charge in [0.2, 0.25) is 0 Å². The first-order valence-corrected chi connectivity index (χ1v) is 6.97. The average molecular weight is 283 g/mol. The number of ether oxygens (including phenoxy) is 1. The molecule has 2 rings (SSSR count). The van der Waals surface area contributed by atoms with Crippen molar-refractivity contribution in [1.82, 2.24) is 0 Å². The van der Waals surface area contributed by atoms with E-state index in [4.69, 9.17) is 4.74 Å². The predicted molar refractivity (Wildman–Crippen MR) is 71.1 cm³/mol. The molecule has 0 spiro atoms. The highest BCUT2D eigenvalue weighted by atomic mass is 79.9. The van der Waals surface area contributed by atoms with Gasteiger partial charge >= 0.3 is 0 Å². The molecule has 0 aliphatic carbocycles. The molecule has 0 radical (unpaired) electrons. The van der Waals surface area contributed by atoms with Crippen LogP contribution in [0.25, 0.3) is 0 Å². The molecule has 0 atom stereocenters. The SMILES string of the molecule is CC(C)(CBr)Cc1ccc2c(c1)CCOC2. The van der Waals surface area contributed by atoms with Crippen LogP contribution < -0.4 is 0 Å². The zero-order valence-electron chi connectivity index (χ0n) is 10.1. The Morgan fingerprint density at radius 1 is 1.31 bits per heavy atom. The third-order valence-electron chi connectivity index (χ3n) is 3.09. The first-order valence-electron chi connectivity index (χ1n) is 5.85. The Labute approximate surface area is 106 Å². The van der Waals surface area contributed by atoms with Gasteiger partial charge in [-0.3, -0.25) is 0 Å². The van der Waals surface area contributed by atoms with Crippen LogP contribution in [-0.2, 0) is 24.2 Å². The monoisotopic (exact) mass is 282 g/mol. The maximum atomic E-state index is 5.45. The normalized spacial score (nSPS) is 15.9. The highest BCUT2D eigenvalue weighted by Crippen LogP contribution is 2.26. The van der Waals surface area contributed by atoms with Crippen molar-refractivity contribution in [1.29, 1.82) is 0 Å². The quantitative estimate of drug-likeness (QED) is 0.768. The van der Waals surface area contributed by atoms with Gasteiger partial charge in [-0.2, -0.15) is 0 Å². The van der Waals surface area contributed by atoms with Crippen LogP contribution in [0.2, 0.25) is 0 Å². The van der Waals surface area contributed by atoms with Crippen LogP contribution in [0.1, 0.15) is 30.5 Å². The topological polar surface area (TPSA) is 9.23 Å². The van der Waals surface area contributed by atoms with E-state index in [9.17, 15) is 0 Å². The number of hydrogen-bond donors (Lipinski definition) is 0. The third kappa shape index (κ3) is 2.86. The molecule has 0 fully saturated rings. The molecular formula is C14H19BrO. The fourth-order valence-electron chi connectivity index (χ4n) is 2.13. The minimum Gasteiger partial charge on any atom is -0.376 e. The lowest BCUT2D eigenvalue weighted by Gasteiger charge is -2.23. The second-order valence-corrected chi connectivity index (χ2v) is 5.94. The molecule has 1 aliphatic rings. The van der Waals surface area contributed by atoms with Gasteiger partial charge in [0.25, 0.3) is 0 Å². The van der Waals surface area contributed by atoms with Crippen molar-refractivity contribution in [2.75, 3.05) is 11.9 Å². The molecule has 0 amide bonds. The second-order valence-electron chi connectivity index (χ2n) is 5.38. The number of rotatable bonds is 3. The van der Waals surface area contributed by atoms with Crippen LogP contribution in [-0.4, -0.2) is 11.9 Å². The predicted octanol–water partition coefficient (Wildman–Crippen LogP) is 3.72. The Morgan fingerprint density at radius 3 is 2.88 bits per heavy atom. The Bertz CT molecular complexity index is 371. The van der Waals surface area contributed by atoms with Crippen molar-refractivity contribution in [3.8, 4) is 0 Å². The lowest BCUT2D eigenvalue weighted by atomic mass is 9.86. The van der Waals surface area contributed by atoms with Crippen molar-refractivity contribution in [3.63, 3.8) is 0 Å². The van der Waals surface area contributed by atoms with Gasteiger partial charge in [0.05, 0.1) is 13.2 Å². The fraction of sp³-hybridized carbons (Fsp3) is 0.571. The summed E-state index contributed by atoms with van der Waals surface area (Å²) in [5.41, 5.74) is 4.63. The van der Waals surface area contributed by atoms with Crippen LogP contribution in [0.15, 0.2) is 18.2 Å². The van der Waals surface area contributed by atoms with E-state index in [1.807, 2.05) is 0 Å². The Balaban J connectivity index is 2.17. The van der Waals surface area contributed by atoms with Crippen molar-refractivity contribution in [2.24, 2.45) is 5.41 Å². The summed E-state index contributed by atoms with van der Waals surface area (Å²) >= 11 is 3.58. The molecule has 1 aromatic rings. The number of benzene rings is 1. The minimum absolute atomic E-state index is 0.333. The highest BCUT2D eigenvalue weighted by molar-refractivity contribution is 9.09. The molecule has 2 heteroatoms. The number of alkyl halides is 1. The van der Waals surface area contributed by atoms with Crippen molar-refractivity contribution in [2.45, 2.75) is 33.3 Å². The van der Waals surface area contributed by atoms with Crippen molar-refractivity contribution < 1.29 is 4.74 Å². The number of fused-ring (bicyclic) bond motifs is 1. The summed E-state index contributed by atoms with van der Waals surface area (Å²) in [6, 6.07) is 6.84. The van der Waals surface area contributed by atoms with Crippen LogP contribution >= 0.6 is 15.9 Å². The first kappa shape index (κ1) is 12.1. The summed E-state index contributed by atoms with van der Waals surface area (Å²) in [6.07, 6.45) is 2.20. The Kier molecular flexibility index (Phi) is 3.70. The summed E-state index contributed by atoms with van der Waals surface area (Å²) in [7, 11) is 0. The van der Waals surface area contributed by atoms with E-state index in [1.54, 1.807) is 0 Å². The molecule has 0 N–H and O–H groups in total. The molecule has 1 aliphatic heterocycles. The largest absolute Gasteiger partial charge is 0.376 e. The number of halogens is 1. The van der Waals surface area contributed by atoms with Crippen molar-refractivity contribution in [3.05, 3.63) is 34.9 Å². The Morgan fingerprint density at radius 2 is 2.12 bits per heavy atom. The summed E-state index contributed by atoms with van der Waals surface area (Å²) < 4.78 is 5.45. The van der Waals surface area contributed by atoms with Gasteiger partial charge in [-0.1, -0.05) is 48.0 Å². The molecule has 1 heterocycles. The van der Waals surface area contributed by atoms with Gasteiger partial charge < -0.3 is 4.74 Å². The van der Waals surface area contributed by atoms with Crippen LogP contribution in [0.4, 0.5) is 0 Å². The lowest BCUT2D eigenvalue weighted by molar-refractivity contribution is 0.110. The van der Waals surface area contributed by atoms with Crippen LogP contribution in [0.5, 0.6) is 0 Å². The van der Waals surface area contributed by atoms with Gasteiger partial charge in [0.15, 0.2) is 0 Å². The molecule has 1 nitrogen and oxygen atoms in total. The van der Waals surface area contributed by atoms with E-state index in [2.05, 4.69) is 48.0 Å². The van der Waals surface area contributed by atoms with Gasteiger partial charge in [-0.05, 0) is 34.9 Å². The van der Waals surface area contributed by atoms with Crippen molar-refractivity contribution >= 4 is 15.9 Å². The third-order valence-corrected chi connectivity index (χ3v) is 4.61. The summed E-state index contributed by atoms with van der Waals surface area (Å²) in [6.45, 7) is 6.25. The molecular weight excluding hydrogens is 264 g/mol. The number of hydrogen-bond acceptors (Lipinski definition) is 1. The smallest absolute Gasteiger partial charge is 0.0719 e. The molecule has 1 aromatic carbocycles. The van der Waals surface area contributed by atoms with E-state index in [-0.39, 0.29) is 0 Å². The molecule has 0 saturated carbocycles. The van der Waals surface area contributed by atoms with Crippen LogP contribution in [0.3, 0.4) is 0 Å². The summed E-state index contributed by atoms with van der Waals surface area (Å²) in [5, 5.41) is 1.04. The molecule has 88 valence electrons. The van der Waals surface area contributed by atoms with Gasteiger partial charge in [0, 0.05) is 5.33 Å². The highest BCUT2D eigenvalue weighted by Gasteiger charge is 2.18. The summed E-state index contributed by atoms with van der Waals surface area (Å²) in [5.74, 6) is 0. The van der Waals surface area contributed by atoms with E-state index in [0.29, 0.717) is 5.41 Å². The van der Waals surface area contributed by atoms with Gasteiger partial charge in [0.1, 0.15) is 0 Å². The molecule has 0 saturated heterocycles. The maximum absolute atomic E-state index is 5.45. The Hall–Kier alpha value is -0.340. The van der Waals surface area contributed by atoms with E-state index in [1.165, 1.54) is 16.7 Å². The van der Waals surface area contributed by atoms with Crippen LogP contribution in [0, 0.1) is 5.41 Å². The molecule has 0 unspecified atom stereocenters. The minimum atomic E-state index is 0.333. The second kappa shape index (κ2) is 4.89. The standard InChI is InChI=1S/C14H19BrO/c1-14(2,10-15)8-11-3-4-13-9-16-6-5-12(13)7-11/h3-4,7H,5-6,8-10H2,1-2H3. The molecule has 0 aromatic heterocycles. The van der Waals surface area contributed by atoms with E-state index >= 15 is 0 Å². The van der Waals surface area contributed by atoms with E-state index in [0.717, 1.165) is 31.4 Å². The first-order chi connectivity index (χ1) is 7.61. The molecule has 0 bridgehead atoms.